The SMILES string of the molecule is Cc1ccc(CP2(=O)OCC3(CO2)COP(=O)(Cc2ccc(C)cc2-c2ccccc2)OC3)c(-c2ccccc2)c1. The first kappa shape index (κ1) is 28.3. The first-order valence-corrected chi connectivity index (χ1v) is 17.3. The van der Waals surface area contributed by atoms with Gasteiger partial charge in [-0.3, -0.25) is 9.13 Å². The minimum atomic E-state index is -3.40. The molecule has 4 aromatic carbocycles. The highest BCUT2D eigenvalue weighted by atomic mass is 31.2. The lowest BCUT2D eigenvalue weighted by molar-refractivity contribution is -0.0690. The summed E-state index contributed by atoms with van der Waals surface area (Å²) in [6.07, 6.45) is 0.340. The maximum atomic E-state index is 13.7. The van der Waals surface area contributed by atoms with Crippen molar-refractivity contribution in [1.82, 2.24) is 0 Å². The van der Waals surface area contributed by atoms with Crippen LogP contribution in [0, 0.1) is 19.3 Å². The van der Waals surface area contributed by atoms with Crippen molar-refractivity contribution in [3.63, 3.8) is 0 Å². The van der Waals surface area contributed by atoms with Crippen molar-refractivity contribution < 1.29 is 27.2 Å². The third kappa shape index (κ3) is 6.34. The number of aryl methyl sites for hydroxylation is 2. The van der Waals surface area contributed by atoms with E-state index >= 15 is 0 Å². The number of rotatable bonds is 6. The largest absolute Gasteiger partial charge is 0.335 e. The van der Waals surface area contributed by atoms with Crippen LogP contribution in [0.25, 0.3) is 22.3 Å². The molecular formula is C33H34O6P2. The summed E-state index contributed by atoms with van der Waals surface area (Å²) in [4.78, 5) is 0. The molecule has 0 N–H and O–H groups in total. The summed E-state index contributed by atoms with van der Waals surface area (Å²) in [6, 6.07) is 32.3. The first-order valence-electron chi connectivity index (χ1n) is 13.8. The molecule has 2 aliphatic heterocycles. The summed E-state index contributed by atoms with van der Waals surface area (Å²) in [6.45, 7) is 4.68. The fraction of sp³-hybridized carbons (Fsp3) is 0.273. The van der Waals surface area contributed by atoms with Crippen molar-refractivity contribution in [3.05, 3.63) is 119 Å². The third-order valence-electron chi connectivity index (χ3n) is 7.70. The predicted molar refractivity (Wildman–Crippen MR) is 162 cm³/mol. The molecule has 0 atom stereocenters. The van der Waals surface area contributed by atoms with Crippen molar-refractivity contribution in [2.24, 2.45) is 5.41 Å². The van der Waals surface area contributed by atoms with Gasteiger partial charge in [-0.2, -0.15) is 0 Å². The fourth-order valence-electron chi connectivity index (χ4n) is 5.29. The van der Waals surface area contributed by atoms with E-state index in [-0.39, 0.29) is 38.8 Å². The highest BCUT2D eigenvalue weighted by Gasteiger charge is 2.48. The second-order valence-electron chi connectivity index (χ2n) is 11.2. The summed E-state index contributed by atoms with van der Waals surface area (Å²) in [7, 11) is -6.81. The van der Waals surface area contributed by atoms with Gasteiger partial charge in [-0.05, 0) is 47.2 Å². The highest BCUT2D eigenvalue weighted by Crippen LogP contribution is 2.62. The van der Waals surface area contributed by atoms with Crippen molar-refractivity contribution in [2.45, 2.75) is 26.2 Å². The van der Waals surface area contributed by atoms with Gasteiger partial charge in [-0.25, -0.2) is 0 Å². The molecule has 0 bridgehead atoms. The van der Waals surface area contributed by atoms with Crippen LogP contribution in [-0.2, 0) is 39.5 Å². The van der Waals surface area contributed by atoms with E-state index in [1.165, 1.54) is 0 Å². The third-order valence-corrected chi connectivity index (χ3v) is 11.2. The Morgan fingerprint density at radius 3 is 1.29 bits per heavy atom. The normalized spacial score (nSPS) is 26.2. The Bertz CT molecular complexity index is 1490. The zero-order chi connectivity index (χ0) is 28.5. The van der Waals surface area contributed by atoms with Crippen LogP contribution in [0.2, 0.25) is 0 Å². The van der Waals surface area contributed by atoms with Gasteiger partial charge in [0.05, 0.1) is 44.2 Å². The molecule has 0 aromatic heterocycles. The molecule has 2 fully saturated rings. The molecule has 0 radical (unpaired) electrons. The van der Waals surface area contributed by atoms with Crippen molar-refractivity contribution in [3.8, 4) is 22.3 Å². The number of hydrogen-bond donors (Lipinski definition) is 0. The topological polar surface area (TPSA) is 71.1 Å². The van der Waals surface area contributed by atoms with Gasteiger partial charge >= 0.3 is 15.2 Å². The van der Waals surface area contributed by atoms with E-state index in [1.807, 2.05) is 98.8 Å². The van der Waals surface area contributed by atoms with E-state index < -0.39 is 20.6 Å². The molecular weight excluding hydrogens is 554 g/mol. The molecule has 1 spiro atoms. The smallest absolute Gasteiger partial charge is 0.307 e. The van der Waals surface area contributed by atoms with Crippen molar-refractivity contribution in [2.75, 3.05) is 26.4 Å². The quantitative estimate of drug-likeness (QED) is 0.210. The zero-order valence-electron chi connectivity index (χ0n) is 23.3. The number of hydrogen-bond acceptors (Lipinski definition) is 6. The van der Waals surface area contributed by atoms with Crippen molar-refractivity contribution >= 4 is 15.2 Å². The van der Waals surface area contributed by atoms with Gasteiger partial charge in [0.15, 0.2) is 0 Å². The van der Waals surface area contributed by atoms with Gasteiger partial charge in [0, 0.05) is 0 Å². The average Bonchev–Trinajstić information content (AvgIpc) is 2.99. The monoisotopic (exact) mass is 588 g/mol. The Labute approximate surface area is 241 Å². The molecule has 8 heteroatoms. The Morgan fingerprint density at radius 1 is 0.561 bits per heavy atom. The molecule has 6 rings (SSSR count). The standard InChI is InChI=1S/C33H34O6P2/c1-25-13-15-29(31(17-25)27-9-5-3-6-10-27)19-40(34)36-21-33(22-37-40)23-38-41(35,39-24-33)20-30-16-14-26(2)18-32(30)28-11-7-4-8-12-28/h3-18H,19-24H2,1-2H3. The Kier molecular flexibility index (Phi) is 7.91. The van der Waals surface area contributed by atoms with Crippen LogP contribution in [0.1, 0.15) is 22.3 Å². The van der Waals surface area contributed by atoms with Gasteiger partial charge in [0.1, 0.15) is 0 Å². The zero-order valence-corrected chi connectivity index (χ0v) is 25.1. The van der Waals surface area contributed by atoms with E-state index in [0.717, 1.165) is 44.5 Å². The number of benzene rings is 4. The van der Waals surface area contributed by atoms with Crippen LogP contribution in [0.3, 0.4) is 0 Å². The maximum Gasteiger partial charge on any atom is 0.335 e. The van der Waals surface area contributed by atoms with Crippen LogP contribution in [0.5, 0.6) is 0 Å². The summed E-state index contributed by atoms with van der Waals surface area (Å²) < 4.78 is 51.1. The summed E-state index contributed by atoms with van der Waals surface area (Å²) in [5.41, 5.74) is 7.56. The Balaban J connectivity index is 1.12. The average molecular weight is 589 g/mol. The van der Waals surface area contributed by atoms with Crippen LogP contribution in [0.15, 0.2) is 97.1 Å². The minimum absolute atomic E-state index is 0.149. The molecule has 2 aliphatic rings. The molecule has 6 nitrogen and oxygen atoms in total. The highest BCUT2D eigenvalue weighted by molar-refractivity contribution is 7.53. The lowest BCUT2D eigenvalue weighted by Gasteiger charge is -2.43. The van der Waals surface area contributed by atoms with E-state index in [2.05, 4.69) is 12.1 Å². The Morgan fingerprint density at radius 2 is 0.927 bits per heavy atom. The molecule has 2 heterocycles. The van der Waals surface area contributed by atoms with E-state index in [4.69, 9.17) is 18.1 Å². The summed E-state index contributed by atoms with van der Waals surface area (Å²) in [5.74, 6) is 0. The molecule has 41 heavy (non-hydrogen) atoms. The van der Waals surface area contributed by atoms with Gasteiger partial charge in [-0.15, -0.1) is 0 Å². The Hall–Kier alpha value is -2.82. The second-order valence-corrected chi connectivity index (χ2v) is 15.3. The molecule has 4 aromatic rings. The first-order chi connectivity index (χ1) is 19.7. The van der Waals surface area contributed by atoms with Crippen molar-refractivity contribution in [1.29, 1.82) is 0 Å². The van der Waals surface area contributed by atoms with Gasteiger partial charge in [0.2, 0.25) is 0 Å². The van der Waals surface area contributed by atoms with Gasteiger partial charge in [0.25, 0.3) is 0 Å². The molecule has 0 saturated carbocycles. The van der Waals surface area contributed by atoms with E-state index in [9.17, 15) is 9.13 Å². The van der Waals surface area contributed by atoms with Crippen LogP contribution >= 0.6 is 15.2 Å². The lowest BCUT2D eigenvalue weighted by atomic mass is 9.93. The van der Waals surface area contributed by atoms with Gasteiger partial charge in [-0.1, -0.05) is 108 Å². The molecule has 0 aliphatic carbocycles. The minimum Gasteiger partial charge on any atom is -0.307 e. The summed E-state index contributed by atoms with van der Waals surface area (Å²) >= 11 is 0. The van der Waals surface area contributed by atoms with Gasteiger partial charge < -0.3 is 18.1 Å². The van der Waals surface area contributed by atoms with Crippen LogP contribution in [-0.4, -0.2) is 26.4 Å². The predicted octanol–water partition coefficient (Wildman–Crippen LogP) is 8.80. The van der Waals surface area contributed by atoms with E-state index in [0.29, 0.717) is 0 Å². The van der Waals surface area contributed by atoms with E-state index in [1.54, 1.807) is 0 Å². The molecule has 0 unspecified atom stereocenters. The molecule has 212 valence electrons. The second kappa shape index (κ2) is 11.5. The molecule has 0 amide bonds. The maximum absolute atomic E-state index is 13.7. The summed E-state index contributed by atoms with van der Waals surface area (Å²) in [5, 5.41) is 0. The van der Waals surface area contributed by atoms with Crippen LogP contribution < -0.4 is 0 Å². The molecule has 2 saturated heterocycles. The lowest BCUT2D eigenvalue weighted by Crippen LogP contribution is -2.45. The van der Waals surface area contributed by atoms with Crippen LogP contribution in [0.4, 0.5) is 0 Å². The fourth-order valence-corrected chi connectivity index (χ4v) is 9.08.